The van der Waals surface area contributed by atoms with Crippen molar-refractivity contribution in [3.05, 3.63) is 33.3 Å². The first-order valence-corrected chi connectivity index (χ1v) is 7.16. The summed E-state index contributed by atoms with van der Waals surface area (Å²) in [5, 5.41) is 6.72. The van der Waals surface area contributed by atoms with Gasteiger partial charge in [-0.3, -0.25) is 4.79 Å². The van der Waals surface area contributed by atoms with E-state index in [1.807, 2.05) is 32.0 Å². The molecule has 2 N–H and O–H groups in total. The zero-order valence-electron chi connectivity index (χ0n) is 10.6. The number of hydrogen-bond donors (Lipinski definition) is 2. The van der Waals surface area contributed by atoms with Crippen molar-refractivity contribution in [2.75, 3.05) is 6.54 Å². The van der Waals surface area contributed by atoms with Crippen LogP contribution in [0.2, 0.25) is 5.02 Å². The molecule has 1 aromatic carbocycles. The largest absolute Gasteiger partial charge is 0.355 e. The maximum atomic E-state index is 11.6. The van der Waals surface area contributed by atoms with E-state index >= 15 is 0 Å². The lowest BCUT2D eigenvalue weighted by Crippen LogP contribution is -2.42. The number of benzene rings is 1. The van der Waals surface area contributed by atoms with Crippen LogP contribution in [0.25, 0.3) is 0 Å². The van der Waals surface area contributed by atoms with Crippen LogP contribution in [-0.2, 0) is 11.3 Å². The zero-order valence-corrected chi connectivity index (χ0v) is 12.9. The van der Waals surface area contributed by atoms with Gasteiger partial charge in [-0.25, -0.2) is 0 Å². The molecular formula is C13H18BrClN2O. The van der Waals surface area contributed by atoms with Gasteiger partial charge in [0.15, 0.2) is 0 Å². The Bertz CT molecular complexity index is 412. The average molecular weight is 334 g/mol. The third kappa shape index (κ3) is 4.96. The molecule has 0 aliphatic rings. The summed E-state index contributed by atoms with van der Waals surface area (Å²) in [4.78, 5) is 11.6. The highest BCUT2D eigenvalue weighted by Crippen LogP contribution is 2.23. The summed E-state index contributed by atoms with van der Waals surface area (Å²) < 4.78 is 0.867. The van der Waals surface area contributed by atoms with Crippen LogP contribution in [-0.4, -0.2) is 18.5 Å². The third-order valence-electron chi connectivity index (χ3n) is 2.54. The van der Waals surface area contributed by atoms with E-state index in [0.29, 0.717) is 11.6 Å². The van der Waals surface area contributed by atoms with E-state index in [0.717, 1.165) is 23.0 Å². The monoisotopic (exact) mass is 332 g/mol. The fraction of sp³-hybridized carbons (Fsp3) is 0.462. The van der Waals surface area contributed by atoms with Crippen molar-refractivity contribution in [1.82, 2.24) is 10.6 Å². The van der Waals surface area contributed by atoms with Crippen molar-refractivity contribution in [3.63, 3.8) is 0 Å². The molecule has 0 radical (unpaired) electrons. The topological polar surface area (TPSA) is 41.1 Å². The molecule has 0 saturated heterocycles. The second kappa shape index (κ2) is 7.77. The molecule has 0 aromatic heterocycles. The molecule has 1 unspecified atom stereocenters. The van der Waals surface area contributed by atoms with Crippen LogP contribution in [0, 0.1) is 0 Å². The molecule has 0 bridgehead atoms. The van der Waals surface area contributed by atoms with Crippen molar-refractivity contribution in [2.45, 2.75) is 32.9 Å². The Morgan fingerprint density at radius 1 is 1.50 bits per heavy atom. The Balaban J connectivity index is 2.44. The van der Waals surface area contributed by atoms with Crippen molar-refractivity contribution in [2.24, 2.45) is 0 Å². The summed E-state index contributed by atoms with van der Waals surface area (Å²) in [6.07, 6.45) is 0.947. The Hall–Kier alpha value is -0.580. The third-order valence-corrected chi connectivity index (χ3v) is 3.75. The lowest BCUT2D eigenvalue weighted by Gasteiger charge is -2.14. The molecule has 1 aromatic rings. The Morgan fingerprint density at radius 3 is 2.83 bits per heavy atom. The minimum absolute atomic E-state index is 0.0323. The molecule has 0 saturated carbocycles. The number of carbonyl (C=O) groups excluding carboxylic acids is 1. The molecule has 5 heteroatoms. The van der Waals surface area contributed by atoms with E-state index in [2.05, 4.69) is 26.6 Å². The van der Waals surface area contributed by atoms with Crippen molar-refractivity contribution in [1.29, 1.82) is 0 Å². The summed E-state index contributed by atoms with van der Waals surface area (Å²) in [5.41, 5.74) is 1.08. The SMILES string of the molecule is CCCNC(=O)C(C)NCc1ccc(Cl)c(Br)c1. The van der Waals surface area contributed by atoms with Gasteiger partial charge in [-0.05, 0) is 47.0 Å². The maximum Gasteiger partial charge on any atom is 0.236 e. The fourth-order valence-corrected chi connectivity index (χ4v) is 1.96. The van der Waals surface area contributed by atoms with Gasteiger partial charge in [0.05, 0.1) is 11.1 Å². The highest BCUT2D eigenvalue weighted by atomic mass is 79.9. The van der Waals surface area contributed by atoms with Gasteiger partial charge in [-0.1, -0.05) is 24.6 Å². The molecule has 18 heavy (non-hydrogen) atoms. The highest BCUT2D eigenvalue weighted by Gasteiger charge is 2.11. The first-order chi connectivity index (χ1) is 8.54. The number of nitrogens with one attached hydrogen (secondary N) is 2. The molecule has 1 atom stereocenters. The van der Waals surface area contributed by atoms with Gasteiger partial charge < -0.3 is 10.6 Å². The van der Waals surface area contributed by atoms with Crippen LogP contribution < -0.4 is 10.6 Å². The van der Waals surface area contributed by atoms with E-state index in [-0.39, 0.29) is 11.9 Å². The van der Waals surface area contributed by atoms with Gasteiger partial charge in [0.1, 0.15) is 0 Å². The lowest BCUT2D eigenvalue weighted by atomic mass is 10.2. The second-order valence-corrected chi connectivity index (χ2v) is 5.40. The Kier molecular flexibility index (Phi) is 6.68. The summed E-state index contributed by atoms with van der Waals surface area (Å²) >= 11 is 9.30. The first kappa shape index (κ1) is 15.5. The van der Waals surface area contributed by atoms with Gasteiger partial charge in [-0.15, -0.1) is 0 Å². The molecule has 0 aliphatic heterocycles. The molecule has 3 nitrogen and oxygen atoms in total. The number of carbonyl (C=O) groups is 1. The molecule has 0 aliphatic carbocycles. The molecule has 100 valence electrons. The van der Waals surface area contributed by atoms with E-state index in [1.165, 1.54) is 0 Å². The van der Waals surface area contributed by atoms with Crippen LogP contribution in [0.5, 0.6) is 0 Å². The summed E-state index contributed by atoms with van der Waals surface area (Å²) in [5.74, 6) is 0.0323. The minimum Gasteiger partial charge on any atom is -0.355 e. The molecular weight excluding hydrogens is 316 g/mol. The van der Waals surface area contributed by atoms with Crippen molar-refractivity contribution in [3.8, 4) is 0 Å². The fourth-order valence-electron chi connectivity index (χ4n) is 1.41. The van der Waals surface area contributed by atoms with Crippen LogP contribution in [0.15, 0.2) is 22.7 Å². The number of rotatable bonds is 6. The number of hydrogen-bond acceptors (Lipinski definition) is 2. The van der Waals surface area contributed by atoms with Crippen LogP contribution >= 0.6 is 27.5 Å². The van der Waals surface area contributed by atoms with Crippen molar-refractivity contribution < 1.29 is 4.79 Å². The first-order valence-electron chi connectivity index (χ1n) is 5.99. The Labute approximate surface area is 121 Å². The number of halogens is 2. The van der Waals surface area contributed by atoms with Gasteiger partial charge in [0.25, 0.3) is 0 Å². The Morgan fingerprint density at radius 2 is 2.22 bits per heavy atom. The summed E-state index contributed by atoms with van der Waals surface area (Å²) in [6, 6.07) is 5.53. The predicted molar refractivity (Wildman–Crippen MR) is 78.8 cm³/mol. The summed E-state index contributed by atoms with van der Waals surface area (Å²) in [6.45, 7) is 5.24. The van der Waals surface area contributed by atoms with E-state index in [1.54, 1.807) is 0 Å². The summed E-state index contributed by atoms with van der Waals surface area (Å²) in [7, 11) is 0. The van der Waals surface area contributed by atoms with Crippen LogP contribution in [0.3, 0.4) is 0 Å². The van der Waals surface area contributed by atoms with E-state index in [9.17, 15) is 4.79 Å². The minimum atomic E-state index is -0.203. The second-order valence-electron chi connectivity index (χ2n) is 4.14. The molecule has 0 spiro atoms. The normalized spacial score (nSPS) is 12.2. The van der Waals surface area contributed by atoms with E-state index < -0.39 is 0 Å². The van der Waals surface area contributed by atoms with Gasteiger partial charge in [0.2, 0.25) is 5.91 Å². The quantitative estimate of drug-likeness (QED) is 0.840. The molecule has 1 amide bonds. The average Bonchev–Trinajstić information content (AvgIpc) is 2.36. The van der Waals surface area contributed by atoms with E-state index in [4.69, 9.17) is 11.6 Å². The number of amides is 1. The molecule has 1 rings (SSSR count). The van der Waals surface area contributed by atoms with Crippen LogP contribution in [0.4, 0.5) is 0 Å². The standard InChI is InChI=1S/C13H18BrClN2O/c1-3-6-16-13(18)9(2)17-8-10-4-5-12(15)11(14)7-10/h4-5,7,9,17H,3,6,8H2,1-2H3,(H,16,18). The molecule has 0 heterocycles. The predicted octanol–water partition coefficient (Wildman–Crippen LogP) is 3.11. The maximum absolute atomic E-state index is 11.6. The zero-order chi connectivity index (χ0) is 13.5. The van der Waals surface area contributed by atoms with Crippen LogP contribution in [0.1, 0.15) is 25.8 Å². The molecule has 0 fully saturated rings. The highest BCUT2D eigenvalue weighted by molar-refractivity contribution is 9.10. The van der Waals surface area contributed by atoms with Gasteiger partial charge in [0, 0.05) is 17.6 Å². The lowest BCUT2D eigenvalue weighted by molar-refractivity contribution is -0.122. The smallest absolute Gasteiger partial charge is 0.236 e. The van der Waals surface area contributed by atoms with Gasteiger partial charge >= 0.3 is 0 Å². The van der Waals surface area contributed by atoms with Gasteiger partial charge in [-0.2, -0.15) is 0 Å². The van der Waals surface area contributed by atoms with Crippen molar-refractivity contribution >= 4 is 33.4 Å².